The zero-order valence-electron chi connectivity index (χ0n) is 11.3. The SMILES string of the molecule is C=C(C)c1c(O)cc(C)c(C2CCCCC2)c1O. The Morgan fingerprint density at radius 2 is 1.83 bits per heavy atom. The number of hydrogen-bond acceptors (Lipinski definition) is 2. The first-order valence-corrected chi connectivity index (χ1v) is 6.73. The van der Waals surface area contributed by atoms with Crippen LogP contribution in [0, 0.1) is 6.92 Å². The summed E-state index contributed by atoms with van der Waals surface area (Å²) in [6, 6.07) is 1.76. The normalized spacial score (nSPS) is 16.8. The summed E-state index contributed by atoms with van der Waals surface area (Å²) in [7, 11) is 0. The van der Waals surface area contributed by atoms with Gasteiger partial charge in [-0.25, -0.2) is 0 Å². The largest absolute Gasteiger partial charge is 0.507 e. The second-order valence-electron chi connectivity index (χ2n) is 5.47. The number of benzene rings is 1. The van der Waals surface area contributed by atoms with Crippen molar-refractivity contribution in [2.24, 2.45) is 0 Å². The Kier molecular flexibility index (Phi) is 3.65. The number of hydrogen-bond donors (Lipinski definition) is 2. The van der Waals surface area contributed by atoms with Gasteiger partial charge in [0.15, 0.2) is 0 Å². The molecule has 1 aliphatic carbocycles. The maximum Gasteiger partial charge on any atom is 0.130 e. The third-order valence-corrected chi connectivity index (χ3v) is 3.97. The molecule has 1 aromatic rings. The van der Waals surface area contributed by atoms with E-state index in [0.717, 1.165) is 24.0 Å². The summed E-state index contributed by atoms with van der Waals surface area (Å²) in [5.74, 6) is 0.807. The molecule has 2 N–H and O–H groups in total. The summed E-state index contributed by atoms with van der Waals surface area (Å²) in [6.07, 6.45) is 6.02. The Bertz CT molecular complexity index is 468. The number of aromatic hydroxyl groups is 2. The van der Waals surface area contributed by atoms with Gasteiger partial charge in [0.05, 0.1) is 5.56 Å². The van der Waals surface area contributed by atoms with E-state index in [4.69, 9.17) is 0 Å². The fraction of sp³-hybridized carbons (Fsp3) is 0.500. The minimum absolute atomic E-state index is 0.136. The van der Waals surface area contributed by atoms with Crippen molar-refractivity contribution in [2.75, 3.05) is 0 Å². The fourth-order valence-electron chi connectivity index (χ4n) is 3.13. The first-order chi connectivity index (χ1) is 8.52. The van der Waals surface area contributed by atoms with Gasteiger partial charge in [-0.1, -0.05) is 25.8 Å². The van der Waals surface area contributed by atoms with Crippen LogP contribution in [0.5, 0.6) is 11.5 Å². The molecule has 2 heteroatoms. The molecule has 0 amide bonds. The van der Waals surface area contributed by atoms with E-state index in [9.17, 15) is 10.2 Å². The lowest BCUT2D eigenvalue weighted by Crippen LogP contribution is -2.07. The molecule has 1 fully saturated rings. The quantitative estimate of drug-likeness (QED) is 0.807. The van der Waals surface area contributed by atoms with Crippen LogP contribution < -0.4 is 0 Å². The monoisotopic (exact) mass is 246 g/mol. The zero-order valence-corrected chi connectivity index (χ0v) is 11.3. The number of rotatable bonds is 2. The van der Waals surface area contributed by atoms with Gasteiger partial charge in [-0.15, -0.1) is 0 Å². The summed E-state index contributed by atoms with van der Waals surface area (Å²) in [5, 5.41) is 20.4. The van der Waals surface area contributed by atoms with Crippen molar-refractivity contribution >= 4 is 5.57 Å². The standard InChI is InChI=1S/C16H22O2/c1-10(2)14-13(17)9-11(3)15(16(14)18)12-7-5-4-6-8-12/h9,12,17-18H,1,4-8H2,2-3H3. The Hall–Kier alpha value is -1.44. The maximum atomic E-state index is 10.5. The number of allylic oxidation sites excluding steroid dienone is 1. The van der Waals surface area contributed by atoms with Gasteiger partial charge >= 0.3 is 0 Å². The van der Waals surface area contributed by atoms with Gasteiger partial charge in [0.1, 0.15) is 11.5 Å². The third kappa shape index (κ3) is 2.24. The Balaban J connectivity index is 2.52. The van der Waals surface area contributed by atoms with Crippen molar-refractivity contribution in [2.45, 2.75) is 51.9 Å². The molecule has 2 rings (SSSR count). The molecule has 1 aromatic carbocycles. The zero-order chi connectivity index (χ0) is 13.3. The highest BCUT2D eigenvalue weighted by Crippen LogP contribution is 2.45. The van der Waals surface area contributed by atoms with Gasteiger partial charge in [-0.2, -0.15) is 0 Å². The molecule has 1 saturated carbocycles. The highest BCUT2D eigenvalue weighted by molar-refractivity contribution is 5.74. The predicted molar refractivity (Wildman–Crippen MR) is 75.0 cm³/mol. The summed E-state index contributed by atoms with van der Waals surface area (Å²) >= 11 is 0. The van der Waals surface area contributed by atoms with Crippen LogP contribution in [0.4, 0.5) is 0 Å². The molecular formula is C16H22O2. The summed E-state index contributed by atoms with van der Waals surface area (Å²) in [6.45, 7) is 7.62. The Labute approximate surface area is 109 Å². The van der Waals surface area contributed by atoms with Crippen LogP contribution in [0.15, 0.2) is 12.6 Å². The highest BCUT2D eigenvalue weighted by atomic mass is 16.3. The summed E-state index contributed by atoms with van der Waals surface area (Å²) in [5.41, 5.74) is 3.23. The molecule has 0 bridgehead atoms. The minimum Gasteiger partial charge on any atom is -0.507 e. The molecule has 0 heterocycles. The first-order valence-electron chi connectivity index (χ1n) is 6.73. The molecule has 2 nitrogen and oxygen atoms in total. The van der Waals surface area contributed by atoms with E-state index in [2.05, 4.69) is 6.58 Å². The lowest BCUT2D eigenvalue weighted by atomic mass is 9.80. The average Bonchev–Trinajstić information content (AvgIpc) is 2.28. The van der Waals surface area contributed by atoms with E-state index in [0.29, 0.717) is 17.1 Å². The predicted octanol–water partition coefficient (Wildman–Crippen LogP) is 4.49. The van der Waals surface area contributed by atoms with Crippen LogP contribution in [-0.4, -0.2) is 10.2 Å². The Morgan fingerprint density at radius 3 is 2.39 bits per heavy atom. The molecule has 0 spiro atoms. The van der Waals surface area contributed by atoms with Gasteiger partial charge in [0.2, 0.25) is 0 Å². The van der Waals surface area contributed by atoms with Crippen molar-refractivity contribution in [1.29, 1.82) is 0 Å². The molecule has 0 unspecified atom stereocenters. The second-order valence-corrected chi connectivity index (χ2v) is 5.47. The van der Waals surface area contributed by atoms with Gasteiger partial charge in [-0.3, -0.25) is 0 Å². The van der Waals surface area contributed by atoms with Crippen LogP contribution in [0.3, 0.4) is 0 Å². The van der Waals surface area contributed by atoms with Crippen molar-refractivity contribution in [1.82, 2.24) is 0 Å². The lowest BCUT2D eigenvalue weighted by molar-refractivity contribution is 0.405. The molecule has 0 aromatic heterocycles. The summed E-state index contributed by atoms with van der Waals surface area (Å²) in [4.78, 5) is 0. The van der Waals surface area contributed by atoms with Gasteiger partial charge in [-0.05, 0) is 49.8 Å². The van der Waals surface area contributed by atoms with Crippen LogP contribution in [0.1, 0.15) is 61.6 Å². The van der Waals surface area contributed by atoms with E-state index in [1.54, 1.807) is 6.07 Å². The fourth-order valence-corrected chi connectivity index (χ4v) is 3.13. The van der Waals surface area contributed by atoms with Crippen LogP contribution in [-0.2, 0) is 0 Å². The minimum atomic E-state index is 0.136. The topological polar surface area (TPSA) is 40.5 Å². The number of phenolic OH excluding ortho intramolecular Hbond substituents is 2. The third-order valence-electron chi connectivity index (χ3n) is 3.97. The van der Waals surface area contributed by atoms with E-state index in [1.807, 2.05) is 13.8 Å². The number of aryl methyl sites for hydroxylation is 1. The average molecular weight is 246 g/mol. The van der Waals surface area contributed by atoms with Crippen LogP contribution in [0.2, 0.25) is 0 Å². The van der Waals surface area contributed by atoms with Crippen molar-refractivity contribution in [3.05, 3.63) is 29.3 Å². The molecule has 0 saturated heterocycles. The van der Waals surface area contributed by atoms with Crippen LogP contribution >= 0.6 is 0 Å². The second kappa shape index (κ2) is 5.05. The van der Waals surface area contributed by atoms with E-state index in [1.165, 1.54) is 19.3 Å². The molecule has 1 aliphatic rings. The van der Waals surface area contributed by atoms with E-state index in [-0.39, 0.29) is 11.5 Å². The first kappa shape index (κ1) is 13.0. The molecule has 98 valence electrons. The molecule has 0 aliphatic heterocycles. The van der Waals surface area contributed by atoms with Crippen LogP contribution in [0.25, 0.3) is 5.57 Å². The van der Waals surface area contributed by atoms with E-state index < -0.39 is 0 Å². The van der Waals surface area contributed by atoms with Gasteiger partial charge < -0.3 is 10.2 Å². The smallest absolute Gasteiger partial charge is 0.130 e. The molecule has 18 heavy (non-hydrogen) atoms. The van der Waals surface area contributed by atoms with Gasteiger partial charge in [0.25, 0.3) is 0 Å². The Morgan fingerprint density at radius 1 is 1.22 bits per heavy atom. The van der Waals surface area contributed by atoms with Gasteiger partial charge in [0, 0.05) is 5.56 Å². The summed E-state index contributed by atoms with van der Waals surface area (Å²) < 4.78 is 0. The van der Waals surface area contributed by atoms with Crippen molar-refractivity contribution in [3.8, 4) is 11.5 Å². The molecule has 0 radical (unpaired) electrons. The van der Waals surface area contributed by atoms with Crippen molar-refractivity contribution in [3.63, 3.8) is 0 Å². The molecular weight excluding hydrogens is 224 g/mol. The molecule has 0 atom stereocenters. The van der Waals surface area contributed by atoms with Crippen molar-refractivity contribution < 1.29 is 10.2 Å². The lowest BCUT2D eigenvalue weighted by Gasteiger charge is -2.26. The number of phenols is 2. The highest BCUT2D eigenvalue weighted by Gasteiger charge is 2.24. The maximum absolute atomic E-state index is 10.5. The van der Waals surface area contributed by atoms with E-state index >= 15 is 0 Å².